The van der Waals surface area contributed by atoms with E-state index in [1.165, 1.54) is 0 Å². The number of halogens is 1. The minimum atomic E-state index is -1.00. The Morgan fingerprint density at radius 1 is 0.667 bits per heavy atom. The van der Waals surface area contributed by atoms with Gasteiger partial charge in [0.05, 0.1) is 97.0 Å². The van der Waals surface area contributed by atoms with Crippen LogP contribution >= 0.6 is 11.6 Å². The molecular formula is C33H50ClN3O11. The number of benzene rings is 1. The Bertz CT molecular complexity index is 1130. The number of hydrogen-bond donors (Lipinski definition) is 2. The Morgan fingerprint density at radius 2 is 1.19 bits per heavy atom. The summed E-state index contributed by atoms with van der Waals surface area (Å²) in [6.07, 6.45) is 4.61. The SMILES string of the molecule is O=C1CCC(N2C(=O)c3cccc(NCCOCCOCCOCCOCCOCCOCCOCCCCCCCl)c3C2=O)C(=O)N1. The van der Waals surface area contributed by atoms with Crippen molar-refractivity contribution in [1.82, 2.24) is 10.2 Å². The fourth-order valence-electron chi connectivity index (χ4n) is 4.99. The first kappa shape index (κ1) is 39.7. The average Bonchev–Trinajstić information content (AvgIpc) is 3.33. The van der Waals surface area contributed by atoms with Crippen molar-refractivity contribution in [3.8, 4) is 0 Å². The highest BCUT2D eigenvalue weighted by atomic mass is 35.5. The molecule has 0 radical (unpaired) electrons. The summed E-state index contributed by atoms with van der Waals surface area (Å²) in [4.78, 5) is 50.8. The number of imide groups is 2. The zero-order chi connectivity index (χ0) is 34.2. The molecule has 1 saturated heterocycles. The number of nitrogens with one attached hydrogen (secondary N) is 2. The molecule has 2 N–H and O–H groups in total. The predicted molar refractivity (Wildman–Crippen MR) is 177 cm³/mol. The summed E-state index contributed by atoms with van der Waals surface area (Å²) in [5.74, 6) is -1.42. The number of amides is 4. The molecule has 15 heteroatoms. The van der Waals surface area contributed by atoms with Gasteiger partial charge in [0.1, 0.15) is 6.04 Å². The van der Waals surface area contributed by atoms with Crippen LogP contribution in [0.25, 0.3) is 0 Å². The van der Waals surface area contributed by atoms with Crippen molar-refractivity contribution in [2.75, 3.05) is 110 Å². The molecule has 0 aliphatic carbocycles. The predicted octanol–water partition coefficient (Wildman–Crippen LogP) is 2.42. The lowest BCUT2D eigenvalue weighted by molar-refractivity contribution is -0.136. The van der Waals surface area contributed by atoms with Gasteiger partial charge in [-0.05, 0) is 31.4 Å². The van der Waals surface area contributed by atoms with Crippen molar-refractivity contribution in [1.29, 1.82) is 0 Å². The van der Waals surface area contributed by atoms with Crippen molar-refractivity contribution >= 4 is 40.9 Å². The van der Waals surface area contributed by atoms with Crippen LogP contribution in [0.1, 0.15) is 59.2 Å². The van der Waals surface area contributed by atoms with Gasteiger partial charge in [0.2, 0.25) is 11.8 Å². The molecule has 0 saturated carbocycles. The number of fused-ring (bicyclic) bond motifs is 1. The number of piperidine rings is 1. The number of hydrogen-bond acceptors (Lipinski definition) is 12. The van der Waals surface area contributed by atoms with E-state index in [0.29, 0.717) is 98.1 Å². The summed E-state index contributed by atoms with van der Waals surface area (Å²) in [6, 6.07) is 3.92. The number of rotatable bonds is 29. The lowest BCUT2D eigenvalue weighted by Crippen LogP contribution is -2.54. The molecule has 270 valence electrons. The monoisotopic (exact) mass is 699 g/mol. The number of anilines is 1. The van der Waals surface area contributed by atoms with Crippen LogP contribution in [0.3, 0.4) is 0 Å². The van der Waals surface area contributed by atoms with E-state index in [9.17, 15) is 19.2 Å². The first-order chi connectivity index (χ1) is 23.5. The number of carbonyl (C=O) groups is 4. The molecule has 1 aromatic carbocycles. The molecule has 48 heavy (non-hydrogen) atoms. The van der Waals surface area contributed by atoms with Gasteiger partial charge in [-0.1, -0.05) is 18.9 Å². The second-order valence-electron chi connectivity index (χ2n) is 11.0. The van der Waals surface area contributed by atoms with Gasteiger partial charge < -0.3 is 38.5 Å². The Hall–Kier alpha value is -2.69. The first-order valence-corrected chi connectivity index (χ1v) is 17.3. The van der Waals surface area contributed by atoms with E-state index >= 15 is 0 Å². The van der Waals surface area contributed by atoms with Crippen LogP contribution in [0.2, 0.25) is 0 Å². The molecule has 4 amide bonds. The zero-order valence-electron chi connectivity index (χ0n) is 27.7. The second-order valence-corrected chi connectivity index (χ2v) is 11.4. The van der Waals surface area contributed by atoms with Crippen molar-refractivity contribution in [2.24, 2.45) is 0 Å². The van der Waals surface area contributed by atoms with Gasteiger partial charge in [-0.25, -0.2) is 0 Å². The summed E-state index contributed by atoms with van der Waals surface area (Å²) >= 11 is 5.65. The van der Waals surface area contributed by atoms with Gasteiger partial charge in [0.15, 0.2) is 0 Å². The standard InChI is InChI=1S/C33H50ClN3O11/c34-10-3-1-2-4-12-42-14-16-44-18-20-46-22-24-48-25-23-47-21-19-45-17-15-43-13-11-35-27-7-5-6-26-30(27)33(41)37(32(26)40)28-8-9-29(38)36-31(28)39/h5-7,28,35H,1-4,8-25H2,(H,36,38,39). The molecule has 14 nitrogen and oxygen atoms in total. The van der Waals surface area contributed by atoms with E-state index < -0.39 is 29.7 Å². The summed E-state index contributed by atoms with van der Waals surface area (Å²) in [5.41, 5.74) is 0.923. The minimum Gasteiger partial charge on any atom is -0.382 e. The maximum Gasteiger partial charge on any atom is 0.264 e. The second kappa shape index (κ2) is 24.4. The van der Waals surface area contributed by atoms with E-state index in [-0.39, 0.29) is 24.0 Å². The van der Waals surface area contributed by atoms with E-state index in [1.807, 2.05) is 0 Å². The number of nitrogens with zero attached hydrogens (tertiary/aromatic N) is 1. The molecule has 1 fully saturated rings. The maximum atomic E-state index is 13.1. The summed E-state index contributed by atoms with van der Waals surface area (Å²) in [6.45, 7) is 7.28. The summed E-state index contributed by atoms with van der Waals surface area (Å²) in [5, 5.41) is 5.33. The molecule has 2 aliphatic heterocycles. The average molecular weight is 700 g/mol. The molecule has 2 heterocycles. The Morgan fingerprint density at radius 3 is 1.73 bits per heavy atom. The van der Waals surface area contributed by atoms with Crippen molar-refractivity contribution in [3.05, 3.63) is 29.3 Å². The molecule has 1 atom stereocenters. The highest BCUT2D eigenvalue weighted by molar-refractivity contribution is 6.25. The number of unbranched alkanes of at least 4 members (excludes halogenated alkanes) is 3. The van der Waals surface area contributed by atoms with Crippen LogP contribution < -0.4 is 10.6 Å². The molecule has 2 aliphatic rings. The van der Waals surface area contributed by atoms with Crippen molar-refractivity contribution in [3.63, 3.8) is 0 Å². The molecule has 1 unspecified atom stereocenters. The Labute approximate surface area is 287 Å². The number of carbonyl (C=O) groups excluding carboxylic acids is 4. The van der Waals surface area contributed by atoms with E-state index in [0.717, 1.165) is 43.1 Å². The van der Waals surface area contributed by atoms with Crippen LogP contribution in [-0.2, 0) is 42.7 Å². The van der Waals surface area contributed by atoms with E-state index in [1.54, 1.807) is 18.2 Å². The van der Waals surface area contributed by atoms with Crippen LogP contribution in [-0.4, -0.2) is 139 Å². The van der Waals surface area contributed by atoms with E-state index in [4.69, 9.17) is 44.8 Å². The van der Waals surface area contributed by atoms with Gasteiger partial charge >= 0.3 is 0 Å². The molecule has 0 spiro atoms. The molecular weight excluding hydrogens is 650 g/mol. The molecule has 3 rings (SSSR count). The van der Waals surface area contributed by atoms with Gasteiger partial charge in [-0.15, -0.1) is 11.6 Å². The summed E-state index contributed by atoms with van der Waals surface area (Å²) < 4.78 is 38.5. The quantitative estimate of drug-likeness (QED) is 0.0715. The molecule has 0 aromatic heterocycles. The third-order valence-electron chi connectivity index (χ3n) is 7.43. The summed E-state index contributed by atoms with van der Waals surface area (Å²) in [7, 11) is 0. The molecule has 0 bridgehead atoms. The Kier molecular flexibility index (Phi) is 20.2. The largest absolute Gasteiger partial charge is 0.382 e. The highest BCUT2D eigenvalue weighted by Crippen LogP contribution is 2.32. The smallest absolute Gasteiger partial charge is 0.264 e. The van der Waals surface area contributed by atoms with Crippen molar-refractivity contribution in [2.45, 2.75) is 44.6 Å². The normalized spacial score (nSPS) is 16.1. The van der Waals surface area contributed by atoms with Crippen LogP contribution in [0.15, 0.2) is 18.2 Å². The van der Waals surface area contributed by atoms with Crippen LogP contribution in [0.5, 0.6) is 0 Å². The Balaban J connectivity index is 1.08. The maximum absolute atomic E-state index is 13.1. The molecule has 1 aromatic rings. The van der Waals surface area contributed by atoms with Crippen LogP contribution in [0.4, 0.5) is 5.69 Å². The third kappa shape index (κ3) is 14.4. The number of alkyl halides is 1. The highest BCUT2D eigenvalue weighted by Gasteiger charge is 2.45. The third-order valence-corrected chi connectivity index (χ3v) is 7.70. The fourth-order valence-corrected chi connectivity index (χ4v) is 5.18. The van der Waals surface area contributed by atoms with Gasteiger partial charge in [0.25, 0.3) is 11.8 Å². The lowest BCUT2D eigenvalue weighted by Gasteiger charge is -2.27. The topological polar surface area (TPSA) is 160 Å². The van der Waals surface area contributed by atoms with Gasteiger partial charge in [-0.2, -0.15) is 0 Å². The van der Waals surface area contributed by atoms with Crippen molar-refractivity contribution < 1.29 is 52.3 Å². The lowest BCUT2D eigenvalue weighted by atomic mass is 10.0. The van der Waals surface area contributed by atoms with E-state index in [2.05, 4.69) is 10.6 Å². The van der Waals surface area contributed by atoms with Crippen LogP contribution in [0, 0.1) is 0 Å². The number of ether oxygens (including phenoxy) is 7. The zero-order valence-corrected chi connectivity index (χ0v) is 28.4. The van der Waals surface area contributed by atoms with Gasteiger partial charge in [0, 0.05) is 31.1 Å². The van der Waals surface area contributed by atoms with Gasteiger partial charge in [-0.3, -0.25) is 29.4 Å². The fraction of sp³-hybridized carbons (Fsp3) is 0.697. The minimum absolute atomic E-state index is 0.0702. The first-order valence-electron chi connectivity index (χ1n) is 16.7.